The van der Waals surface area contributed by atoms with Crippen LogP contribution < -0.4 is 10.1 Å². The number of hydrogen-bond donors (Lipinski definition) is 1. The van der Waals surface area contributed by atoms with Crippen molar-refractivity contribution in [2.45, 2.75) is 39.6 Å². The zero-order valence-corrected chi connectivity index (χ0v) is 14.7. The number of benzene rings is 1. The van der Waals surface area contributed by atoms with E-state index in [2.05, 4.69) is 41.5 Å². The smallest absolute Gasteiger partial charge is 0.130 e. The normalized spacial score (nSPS) is 12.1. The molecule has 0 radical (unpaired) electrons. The maximum Gasteiger partial charge on any atom is 0.130 e. The first-order chi connectivity index (χ1) is 12.2. The highest BCUT2D eigenvalue weighted by molar-refractivity contribution is 5.33. The van der Waals surface area contributed by atoms with Crippen LogP contribution in [0.1, 0.15) is 23.7 Å². The summed E-state index contributed by atoms with van der Waals surface area (Å²) in [6, 6.07) is 14.3. The topological polar surface area (TPSA) is 52.0 Å². The zero-order chi connectivity index (χ0) is 17.5. The number of rotatable bonds is 8. The third-order valence-electron chi connectivity index (χ3n) is 3.94. The highest BCUT2D eigenvalue weighted by Gasteiger charge is 2.07. The van der Waals surface area contributed by atoms with Crippen LogP contribution in [0.4, 0.5) is 0 Å². The van der Waals surface area contributed by atoms with Crippen LogP contribution in [0, 0.1) is 6.92 Å². The number of hydrogen-bond acceptors (Lipinski definition) is 4. The monoisotopic (exact) mass is 336 g/mol. The number of nitrogens with zero attached hydrogens (tertiary/aromatic N) is 3. The van der Waals surface area contributed by atoms with E-state index in [-0.39, 0.29) is 0 Å². The van der Waals surface area contributed by atoms with Gasteiger partial charge in [-0.05, 0) is 37.6 Å². The van der Waals surface area contributed by atoms with Gasteiger partial charge in [0.25, 0.3) is 0 Å². The number of pyridine rings is 1. The number of aromatic nitrogens is 3. The molecule has 1 atom stereocenters. The Bertz CT molecular complexity index is 785. The third kappa shape index (κ3) is 5.16. The van der Waals surface area contributed by atoms with E-state index in [9.17, 15) is 0 Å². The van der Waals surface area contributed by atoms with Crippen LogP contribution in [-0.4, -0.2) is 20.8 Å². The van der Waals surface area contributed by atoms with E-state index in [1.165, 1.54) is 5.56 Å². The number of ether oxygens (including phenoxy) is 1. The van der Waals surface area contributed by atoms with Gasteiger partial charge < -0.3 is 10.1 Å². The molecule has 0 saturated carbocycles. The van der Waals surface area contributed by atoms with Crippen LogP contribution >= 0.6 is 0 Å². The average molecular weight is 336 g/mol. The summed E-state index contributed by atoms with van der Waals surface area (Å²) >= 11 is 0. The van der Waals surface area contributed by atoms with Gasteiger partial charge in [-0.3, -0.25) is 9.67 Å². The van der Waals surface area contributed by atoms with Crippen LogP contribution in [0.25, 0.3) is 0 Å². The summed E-state index contributed by atoms with van der Waals surface area (Å²) in [6.45, 7) is 6.27. The Morgan fingerprint density at radius 2 is 2.00 bits per heavy atom. The van der Waals surface area contributed by atoms with Crippen molar-refractivity contribution in [3.8, 4) is 5.75 Å². The van der Waals surface area contributed by atoms with E-state index in [0.717, 1.165) is 30.1 Å². The van der Waals surface area contributed by atoms with E-state index >= 15 is 0 Å². The summed E-state index contributed by atoms with van der Waals surface area (Å²) in [5.74, 6) is 0.891. The Hall–Kier alpha value is -2.66. The van der Waals surface area contributed by atoms with Gasteiger partial charge in [-0.15, -0.1) is 0 Å². The summed E-state index contributed by atoms with van der Waals surface area (Å²) < 4.78 is 7.93. The molecule has 5 heteroatoms. The molecule has 0 aliphatic rings. The van der Waals surface area contributed by atoms with Crippen LogP contribution in [0.15, 0.2) is 61.1 Å². The molecule has 130 valence electrons. The van der Waals surface area contributed by atoms with Gasteiger partial charge in [-0.25, -0.2) is 0 Å². The fourth-order valence-corrected chi connectivity index (χ4v) is 2.62. The first-order valence-corrected chi connectivity index (χ1v) is 8.54. The van der Waals surface area contributed by atoms with Crippen molar-refractivity contribution in [3.63, 3.8) is 0 Å². The van der Waals surface area contributed by atoms with Gasteiger partial charge in [0.15, 0.2) is 0 Å². The molecule has 1 N–H and O–H groups in total. The van der Waals surface area contributed by atoms with Gasteiger partial charge in [0.1, 0.15) is 12.4 Å². The Labute approximate surface area is 148 Å². The lowest BCUT2D eigenvalue weighted by Crippen LogP contribution is -2.30. The van der Waals surface area contributed by atoms with E-state index in [0.29, 0.717) is 12.6 Å². The van der Waals surface area contributed by atoms with Crippen molar-refractivity contribution in [3.05, 3.63) is 77.9 Å². The average Bonchev–Trinajstić information content (AvgIpc) is 3.04. The van der Waals surface area contributed by atoms with Crippen molar-refractivity contribution >= 4 is 0 Å². The quantitative estimate of drug-likeness (QED) is 0.685. The molecular formula is C20H24N4O. The van der Waals surface area contributed by atoms with E-state index in [4.69, 9.17) is 4.74 Å². The minimum Gasteiger partial charge on any atom is -0.487 e. The molecule has 0 amide bonds. The SMILES string of the molecule is Cc1cnn(C[C@@H](C)NCc2ccccc2OCc2ccccn2)c1. The molecule has 1 aromatic carbocycles. The molecule has 3 rings (SSSR count). The van der Waals surface area contributed by atoms with Gasteiger partial charge in [-0.1, -0.05) is 24.3 Å². The molecule has 0 bridgehead atoms. The van der Waals surface area contributed by atoms with Crippen LogP contribution in [0.2, 0.25) is 0 Å². The van der Waals surface area contributed by atoms with E-state index < -0.39 is 0 Å². The zero-order valence-electron chi connectivity index (χ0n) is 14.7. The molecule has 0 spiro atoms. The molecule has 0 saturated heterocycles. The van der Waals surface area contributed by atoms with Gasteiger partial charge >= 0.3 is 0 Å². The van der Waals surface area contributed by atoms with Crippen molar-refractivity contribution in [1.82, 2.24) is 20.1 Å². The van der Waals surface area contributed by atoms with Gasteiger partial charge in [0.05, 0.1) is 18.4 Å². The van der Waals surface area contributed by atoms with Gasteiger partial charge in [-0.2, -0.15) is 5.10 Å². The molecule has 0 aliphatic heterocycles. The van der Waals surface area contributed by atoms with Crippen LogP contribution in [0.5, 0.6) is 5.75 Å². The Morgan fingerprint density at radius 1 is 1.16 bits per heavy atom. The standard InChI is InChI=1S/C20H24N4O/c1-16-11-23-24(13-16)14-17(2)22-12-18-7-3-4-9-20(18)25-15-19-8-5-6-10-21-19/h3-11,13,17,22H,12,14-15H2,1-2H3/t17-/m1/s1. The molecule has 25 heavy (non-hydrogen) atoms. The third-order valence-corrected chi connectivity index (χ3v) is 3.94. The number of para-hydroxylation sites is 1. The van der Waals surface area contributed by atoms with Gasteiger partial charge in [0.2, 0.25) is 0 Å². The largest absolute Gasteiger partial charge is 0.487 e. The summed E-state index contributed by atoms with van der Waals surface area (Å²) in [5.41, 5.74) is 3.25. The first kappa shape index (κ1) is 17.2. The van der Waals surface area contributed by atoms with E-state index in [1.807, 2.05) is 47.3 Å². The van der Waals surface area contributed by atoms with Crippen molar-refractivity contribution < 1.29 is 4.74 Å². The minimum absolute atomic E-state index is 0.308. The number of nitrogens with one attached hydrogen (secondary N) is 1. The molecule has 0 aliphatic carbocycles. The molecule has 5 nitrogen and oxygen atoms in total. The predicted molar refractivity (Wildman–Crippen MR) is 98.3 cm³/mol. The lowest BCUT2D eigenvalue weighted by atomic mass is 10.2. The predicted octanol–water partition coefficient (Wildman–Crippen LogP) is 3.34. The molecule has 2 heterocycles. The fraction of sp³-hybridized carbons (Fsp3) is 0.300. The first-order valence-electron chi connectivity index (χ1n) is 8.54. The maximum absolute atomic E-state index is 5.96. The second-order valence-electron chi connectivity index (χ2n) is 6.24. The molecular weight excluding hydrogens is 312 g/mol. The fourth-order valence-electron chi connectivity index (χ4n) is 2.62. The lowest BCUT2D eigenvalue weighted by molar-refractivity contribution is 0.296. The highest BCUT2D eigenvalue weighted by Crippen LogP contribution is 2.19. The molecule has 0 unspecified atom stereocenters. The molecule has 3 aromatic rings. The second-order valence-corrected chi connectivity index (χ2v) is 6.24. The Balaban J connectivity index is 1.55. The molecule has 2 aromatic heterocycles. The van der Waals surface area contributed by atoms with E-state index in [1.54, 1.807) is 6.20 Å². The second kappa shape index (κ2) is 8.44. The summed E-state index contributed by atoms with van der Waals surface area (Å²) in [7, 11) is 0. The van der Waals surface area contributed by atoms with Crippen LogP contribution in [0.3, 0.4) is 0 Å². The minimum atomic E-state index is 0.308. The van der Waals surface area contributed by atoms with Gasteiger partial charge in [0, 0.05) is 30.5 Å². The maximum atomic E-state index is 5.96. The molecule has 0 fully saturated rings. The Kier molecular flexibility index (Phi) is 5.80. The number of aryl methyl sites for hydroxylation is 1. The summed E-state index contributed by atoms with van der Waals surface area (Å²) in [5, 5.41) is 7.88. The Morgan fingerprint density at radius 3 is 2.76 bits per heavy atom. The summed E-state index contributed by atoms with van der Waals surface area (Å²) in [6.07, 6.45) is 5.72. The van der Waals surface area contributed by atoms with Crippen LogP contribution in [-0.2, 0) is 19.7 Å². The van der Waals surface area contributed by atoms with Crippen molar-refractivity contribution in [2.75, 3.05) is 0 Å². The summed E-state index contributed by atoms with van der Waals surface area (Å²) in [4.78, 5) is 4.30. The lowest BCUT2D eigenvalue weighted by Gasteiger charge is -2.16. The highest BCUT2D eigenvalue weighted by atomic mass is 16.5. The van der Waals surface area contributed by atoms with Crippen molar-refractivity contribution in [1.29, 1.82) is 0 Å². The van der Waals surface area contributed by atoms with Crippen molar-refractivity contribution in [2.24, 2.45) is 0 Å².